The van der Waals surface area contributed by atoms with E-state index in [0.29, 0.717) is 30.0 Å². The molecule has 8 nitrogen and oxygen atoms in total. The molecule has 7 atom stereocenters. The Labute approximate surface area is 229 Å². The highest BCUT2D eigenvalue weighted by molar-refractivity contribution is 6.34. The van der Waals surface area contributed by atoms with E-state index >= 15 is 0 Å². The van der Waals surface area contributed by atoms with E-state index in [1.165, 1.54) is 4.90 Å². The Kier molecular flexibility index (Phi) is 7.99. The number of rotatable bonds is 10. The van der Waals surface area contributed by atoms with Crippen molar-refractivity contribution in [3.8, 4) is 0 Å². The van der Waals surface area contributed by atoms with Crippen LogP contribution in [0.1, 0.15) is 52.5 Å². The van der Waals surface area contributed by atoms with Gasteiger partial charge in [0.2, 0.25) is 5.91 Å². The Balaban J connectivity index is 1.90. The second kappa shape index (κ2) is 10.6. The van der Waals surface area contributed by atoms with Gasteiger partial charge < -0.3 is 24.4 Å². The number of esters is 1. The minimum atomic E-state index is -1.23. The van der Waals surface area contributed by atoms with Crippen LogP contribution in [-0.4, -0.2) is 70.8 Å². The van der Waals surface area contributed by atoms with Crippen LogP contribution in [0, 0.1) is 24.7 Å². The quantitative estimate of drug-likeness (QED) is 0.353. The van der Waals surface area contributed by atoms with Crippen molar-refractivity contribution in [3.63, 3.8) is 0 Å². The SMILES string of the molecule is C=CCN(C(=O)C1N([C@@H](CO)[C@@H](C)CC)C(=O)[C@@H]2[C@@H](C(=O)OCC)[C@@]3(C)CCC12O3)c1c(C)cccc1Cl. The van der Waals surface area contributed by atoms with Gasteiger partial charge in [0.05, 0.1) is 41.5 Å². The van der Waals surface area contributed by atoms with Crippen LogP contribution in [0.25, 0.3) is 0 Å². The van der Waals surface area contributed by atoms with Crippen LogP contribution in [0.2, 0.25) is 5.02 Å². The van der Waals surface area contributed by atoms with Gasteiger partial charge in [-0.1, -0.05) is 50.1 Å². The summed E-state index contributed by atoms with van der Waals surface area (Å²) in [7, 11) is 0. The molecule has 2 amide bonds. The molecule has 3 aliphatic heterocycles. The van der Waals surface area contributed by atoms with Gasteiger partial charge in [-0.05, 0) is 51.2 Å². The number of carbonyl (C=O) groups excluding carboxylic acids is 3. The van der Waals surface area contributed by atoms with Gasteiger partial charge in [-0.25, -0.2) is 0 Å². The number of hydrogen-bond acceptors (Lipinski definition) is 6. The maximum absolute atomic E-state index is 14.7. The van der Waals surface area contributed by atoms with Crippen molar-refractivity contribution in [2.75, 3.05) is 24.7 Å². The lowest BCUT2D eigenvalue weighted by atomic mass is 9.66. The number of likely N-dealkylation sites (tertiary alicyclic amines) is 1. The molecule has 9 heteroatoms. The van der Waals surface area contributed by atoms with E-state index < -0.39 is 41.1 Å². The molecule has 1 aromatic rings. The first kappa shape index (κ1) is 28.6. The fraction of sp³-hybridized carbons (Fsp3) is 0.621. The van der Waals surface area contributed by atoms with Crippen LogP contribution in [0.3, 0.4) is 0 Å². The normalized spacial score (nSPS) is 31.2. The number of amides is 2. The van der Waals surface area contributed by atoms with Gasteiger partial charge in [0, 0.05) is 6.54 Å². The summed E-state index contributed by atoms with van der Waals surface area (Å²) >= 11 is 6.61. The second-order valence-electron chi connectivity index (χ2n) is 11.0. The molecule has 0 aromatic heterocycles. The predicted molar refractivity (Wildman–Crippen MR) is 145 cm³/mol. The first-order valence-electron chi connectivity index (χ1n) is 13.5. The zero-order chi connectivity index (χ0) is 28.0. The summed E-state index contributed by atoms with van der Waals surface area (Å²) in [5, 5.41) is 10.9. The summed E-state index contributed by atoms with van der Waals surface area (Å²) in [5.74, 6) is -3.03. The number of benzene rings is 1. The molecular weight excluding hydrogens is 508 g/mol. The molecule has 38 heavy (non-hydrogen) atoms. The zero-order valence-electron chi connectivity index (χ0n) is 22.9. The topological polar surface area (TPSA) is 96.4 Å². The van der Waals surface area contributed by atoms with Crippen LogP contribution < -0.4 is 4.90 Å². The van der Waals surface area contributed by atoms with E-state index in [-0.39, 0.29) is 37.5 Å². The zero-order valence-corrected chi connectivity index (χ0v) is 23.7. The number of ether oxygens (including phenoxy) is 2. The number of aryl methyl sites for hydroxylation is 1. The summed E-state index contributed by atoms with van der Waals surface area (Å²) in [6.45, 7) is 13.2. The molecule has 0 aliphatic carbocycles. The third-order valence-corrected chi connectivity index (χ3v) is 9.18. The monoisotopic (exact) mass is 546 g/mol. The second-order valence-corrected chi connectivity index (χ2v) is 11.4. The molecule has 0 saturated carbocycles. The standard InChI is InChI=1S/C29H39ClN2O6/c1-7-15-31(23-18(5)11-10-12-19(23)30)26(35)24-29-14-13-28(6,38-29)22(27(36)37-9-3)21(29)25(34)32(24)20(16-33)17(4)8-2/h7,10-12,17,20-22,24,33H,1,8-9,13-16H2,2-6H3/t17-,20-,21-,22-,24?,28+,29?/m0/s1. The summed E-state index contributed by atoms with van der Waals surface area (Å²) in [5.41, 5.74) is -0.816. The van der Waals surface area contributed by atoms with Crippen molar-refractivity contribution >= 4 is 35.1 Å². The molecule has 3 saturated heterocycles. The third kappa shape index (κ3) is 4.16. The fourth-order valence-corrected chi connectivity index (χ4v) is 7.26. The van der Waals surface area contributed by atoms with Crippen LogP contribution >= 0.6 is 11.6 Å². The number of para-hydroxylation sites is 1. The first-order valence-corrected chi connectivity index (χ1v) is 13.9. The third-order valence-electron chi connectivity index (χ3n) is 8.87. The predicted octanol–water partition coefficient (Wildman–Crippen LogP) is 3.90. The van der Waals surface area contributed by atoms with E-state index in [0.717, 1.165) is 5.56 Å². The summed E-state index contributed by atoms with van der Waals surface area (Å²) in [4.78, 5) is 45.3. The highest BCUT2D eigenvalue weighted by Gasteiger charge is 2.79. The molecule has 3 fully saturated rings. The van der Waals surface area contributed by atoms with Crippen LogP contribution in [0.15, 0.2) is 30.9 Å². The van der Waals surface area contributed by atoms with Crippen molar-refractivity contribution in [2.45, 2.75) is 77.2 Å². The smallest absolute Gasteiger partial charge is 0.312 e. The number of fused-ring (bicyclic) bond motifs is 1. The molecule has 0 radical (unpaired) electrons. The number of aliphatic hydroxyl groups excluding tert-OH is 1. The molecule has 208 valence electrons. The molecule has 1 spiro atoms. The van der Waals surface area contributed by atoms with Crippen molar-refractivity contribution < 1.29 is 29.0 Å². The van der Waals surface area contributed by atoms with Crippen molar-refractivity contribution in [1.29, 1.82) is 0 Å². The Morgan fingerprint density at radius 2 is 2.08 bits per heavy atom. The molecule has 1 N–H and O–H groups in total. The number of nitrogens with zero attached hydrogens (tertiary/aromatic N) is 2. The fourth-order valence-electron chi connectivity index (χ4n) is 6.94. The number of carbonyl (C=O) groups is 3. The van der Waals surface area contributed by atoms with Gasteiger partial charge in [-0.15, -0.1) is 6.58 Å². The van der Waals surface area contributed by atoms with Gasteiger partial charge in [-0.2, -0.15) is 0 Å². The average Bonchev–Trinajstić information content (AvgIpc) is 3.44. The number of halogens is 1. The molecule has 4 rings (SSSR count). The average molecular weight is 547 g/mol. The number of anilines is 1. The van der Waals surface area contributed by atoms with Crippen LogP contribution in [0.4, 0.5) is 5.69 Å². The Morgan fingerprint density at radius 1 is 1.37 bits per heavy atom. The molecular formula is C29H39ClN2O6. The van der Waals surface area contributed by atoms with E-state index in [9.17, 15) is 19.5 Å². The van der Waals surface area contributed by atoms with Crippen molar-refractivity contribution in [2.24, 2.45) is 17.8 Å². The summed E-state index contributed by atoms with van der Waals surface area (Å²) < 4.78 is 12.1. The largest absolute Gasteiger partial charge is 0.466 e. The Hall–Kier alpha value is -2.42. The van der Waals surface area contributed by atoms with Gasteiger partial charge in [-0.3, -0.25) is 14.4 Å². The van der Waals surface area contributed by atoms with Crippen LogP contribution in [-0.2, 0) is 23.9 Å². The van der Waals surface area contributed by atoms with Crippen molar-refractivity contribution in [1.82, 2.24) is 4.90 Å². The minimum absolute atomic E-state index is 0.0989. The lowest BCUT2D eigenvalue weighted by molar-refractivity contribution is -0.160. The van der Waals surface area contributed by atoms with E-state index in [1.54, 1.807) is 24.0 Å². The number of aliphatic hydroxyl groups is 1. The van der Waals surface area contributed by atoms with Gasteiger partial charge in [0.25, 0.3) is 5.91 Å². The van der Waals surface area contributed by atoms with Crippen molar-refractivity contribution in [3.05, 3.63) is 41.4 Å². The van der Waals surface area contributed by atoms with Crippen LogP contribution in [0.5, 0.6) is 0 Å². The number of hydrogen-bond donors (Lipinski definition) is 1. The van der Waals surface area contributed by atoms with Gasteiger partial charge >= 0.3 is 5.97 Å². The lowest BCUT2D eigenvalue weighted by Gasteiger charge is -2.41. The maximum Gasteiger partial charge on any atom is 0.312 e. The summed E-state index contributed by atoms with van der Waals surface area (Å²) in [6, 6.07) is 3.72. The van der Waals surface area contributed by atoms with E-state index in [4.69, 9.17) is 21.1 Å². The summed E-state index contributed by atoms with van der Waals surface area (Å²) in [6.07, 6.45) is 3.25. The highest BCUT2D eigenvalue weighted by Crippen LogP contribution is 2.64. The first-order chi connectivity index (χ1) is 18.0. The minimum Gasteiger partial charge on any atom is -0.466 e. The molecule has 1 aromatic carbocycles. The van der Waals surface area contributed by atoms with E-state index in [2.05, 4.69) is 6.58 Å². The maximum atomic E-state index is 14.7. The Morgan fingerprint density at radius 3 is 2.66 bits per heavy atom. The molecule has 2 unspecified atom stereocenters. The van der Waals surface area contributed by atoms with Gasteiger partial charge in [0.1, 0.15) is 17.6 Å². The highest BCUT2D eigenvalue weighted by atomic mass is 35.5. The molecule has 3 aliphatic rings. The molecule has 2 bridgehead atoms. The van der Waals surface area contributed by atoms with E-state index in [1.807, 2.05) is 39.8 Å². The Bertz CT molecular complexity index is 1110. The lowest BCUT2D eigenvalue weighted by Crippen LogP contribution is -2.60. The molecule has 3 heterocycles. The van der Waals surface area contributed by atoms with Gasteiger partial charge in [0.15, 0.2) is 0 Å².